The summed E-state index contributed by atoms with van der Waals surface area (Å²) in [7, 11) is 0. The van der Waals surface area contributed by atoms with Crippen molar-refractivity contribution in [2.24, 2.45) is 0 Å². The van der Waals surface area contributed by atoms with Crippen LogP contribution in [-0.4, -0.2) is 37.1 Å². The second-order valence-electron chi connectivity index (χ2n) is 7.10. The summed E-state index contributed by atoms with van der Waals surface area (Å²) in [6.45, 7) is 5.13. The van der Waals surface area contributed by atoms with Crippen molar-refractivity contribution in [3.05, 3.63) is 84.4 Å². The summed E-state index contributed by atoms with van der Waals surface area (Å²) in [5.74, 6) is 1.37. The van der Waals surface area contributed by atoms with Crippen LogP contribution in [0.4, 0.5) is 16.2 Å². The average Bonchev–Trinajstić information content (AvgIpc) is 2.76. The van der Waals surface area contributed by atoms with Crippen molar-refractivity contribution < 1.29 is 9.53 Å². The van der Waals surface area contributed by atoms with Gasteiger partial charge in [0.25, 0.3) is 0 Å². The van der Waals surface area contributed by atoms with E-state index in [2.05, 4.69) is 41.4 Å². The minimum absolute atomic E-state index is 0.0986. The predicted molar refractivity (Wildman–Crippen MR) is 117 cm³/mol. The van der Waals surface area contributed by atoms with Gasteiger partial charge in [-0.2, -0.15) is 0 Å². The van der Waals surface area contributed by atoms with E-state index in [4.69, 9.17) is 4.74 Å². The molecule has 0 aliphatic carbocycles. The number of aryl methyl sites for hydroxylation is 1. The van der Waals surface area contributed by atoms with Crippen LogP contribution in [-0.2, 0) is 0 Å². The van der Waals surface area contributed by atoms with E-state index in [0.29, 0.717) is 24.5 Å². The van der Waals surface area contributed by atoms with Crippen LogP contribution in [0.2, 0.25) is 0 Å². The molecule has 0 radical (unpaired) electrons. The Morgan fingerprint density at radius 2 is 1.48 bits per heavy atom. The largest absolute Gasteiger partial charge is 0.455 e. The van der Waals surface area contributed by atoms with Gasteiger partial charge in [-0.15, -0.1) is 0 Å². The van der Waals surface area contributed by atoms with Gasteiger partial charge >= 0.3 is 6.03 Å². The van der Waals surface area contributed by atoms with E-state index < -0.39 is 0 Å². The van der Waals surface area contributed by atoms with Crippen molar-refractivity contribution in [3.8, 4) is 11.5 Å². The minimum Gasteiger partial charge on any atom is -0.455 e. The maximum Gasteiger partial charge on any atom is 0.322 e. The van der Waals surface area contributed by atoms with Crippen LogP contribution in [0.1, 0.15) is 5.56 Å². The molecule has 0 spiro atoms. The number of nitrogens with zero attached hydrogens (tertiary/aromatic N) is 2. The van der Waals surface area contributed by atoms with E-state index in [1.54, 1.807) is 0 Å². The summed E-state index contributed by atoms with van der Waals surface area (Å²) < 4.78 is 5.94. The van der Waals surface area contributed by atoms with Gasteiger partial charge in [-0.3, -0.25) is 0 Å². The van der Waals surface area contributed by atoms with Gasteiger partial charge in [0.15, 0.2) is 5.75 Å². The van der Waals surface area contributed by atoms with Gasteiger partial charge in [-0.1, -0.05) is 48.5 Å². The first-order valence-corrected chi connectivity index (χ1v) is 9.89. The summed E-state index contributed by atoms with van der Waals surface area (Å²) >= 11 is 0. The predicted octanol–water partition coefficient (Wildman–Crippen LogP) is 5.14. The molecule has 2 amide bonds. The van der Waals surface area contributed by atoms with Crippen LogP contribution < -0.4 is 15.0 Å². The highest BCUT2D eigenvalue weighted by molar-refractivity contribution is 5.91. The van der Waals surface area contributed by atoms with E-state index in [-0.39, 0.29) is 6.03 Å². The molecule has 1 saturated heterocycles. The highest BCUT2D eigenvalue weighted by atomic mass is 16.5. The number of rotatable bonds is 4. The third kappa shape index (κ3) is 4.51. The van der Waals surface area contributed by atoms with Crippen molar-refractivity contribution in [3.63, 3.8) is 0 Å². The summed E-state index contributed by atoms with van der Waals surface area (Å²) in [6, 6.07) is 25.4. The standard InChI is InChI=1S/C24H25N3O2/c1-19-9-5-7-13-22(19)26-15-17-27(18-16-26)24(28)25-21-12-6-8-14-23(21)29-20-10-3-2-4-11-20/h2-14H,15-18H2,1H3,(H,25,28). The van der Waals surface area contributed by atoms with Gasteiger partial charge in [-0.25, -0.2) is 4.79 Å². The van der Waals surface area contributed by atoms with Crippen molar-refractivity contribution in [1.82, 2.24) is 4.90 Å². The monoisotopic (exact) mass is 387 g/mol. The molecule has 3 aromatic carbocycles. The molecule has 4 rings (SSSR count). The second-order valence-corrected chi connectivity index (χ2v) is 7.10. The number of carbonyl (C=O) groups is 1. The molecule has 29 heavy (non-hydrogen) atoms. The first kappa shape index (κ1) is 18.9. The molecular weight excluding hydrogens is 362 g/mol. The van der Waals surface area contributed by atoms with Gasteiger partial charge in [0.1, 0.15) is 5.75 Å². The van der Waals surface area contributed by atoms with Gasteiger partial charge in [0, 0.05) is 31.9 Å². The van der Waals surface area contributed by atoms with Gasteiger partial charge in [0.2, 0.25) is 0 Å². The van der Waals surface area contributed by atoms with Crippen LogP contribution in [0.5, 0.6) is 11.5 Å². The van der Waals surface area contributed by atoms with E-state index in [1.165, 1.54) is 11.3 Å². The SMILES string of the molecule is Cc1ccccc1N1CCN(C(=O)Nc2ccccc2Oc2ccccc2)CC1. The zero-order chi connectivity index (χ0) is 20.1. The Kier molecular flexibility index (Phi) is 5.66. The lowest BCUT2D eigenvalue weighted by Crippen LogP contribution is -2.50. The van der Waals surface area contributed by atoms with Crippen LogP contribution in [0.25, 0.3) is 0 Å². The highest BCUT2D eigenvalue weighted by Crippen LogP contribution is 2.29. The molecule has 5 heteroatoms. The topological polar surface area (TPSA) is 44.8 Å². The number of carbonyl (C=O) groups excluding carboxylic acids is 1. The number of amides is 2. The van der Waals surface area contributed by atoms with Crippen molar-refractivity contribution in [2.75, 3.05) is 36.4 Å². The summed E-state index contributed by atoms with van der Waals surface area (Å²) in [5, 5.41) is 3.01. The molecule has 148 valence electrons. The van der Waals surface area contributed by atoms with Crippen LogP contribution >= 0.6 is 0 Å². The first-order chi connectivity index (χ1) is 14.2. The minimum atomic E-state index is -0.0986. The molecule has 0 saturated carbocycles. The number of ether oxygens (including phenoxy) is 1. The molecule has 1 aliphatic heterocycles. The molecule has 5 nitrogen and oxygen atoms in total. The van der Waals surface area contributed by atoms with E-state index >= 15 is 0 Å². The Labute approximate surface area is 171 Å². The smallest absolute Gasteiger partial charge is 0.322 e. The normalized spacial score (nSPS) is 13.8. The lowest BCUT2D eigenvalue weighted by atomic mass is 10.1. The zero-order valence-electron chi connectivity index (χ0n) is 16.5. The number of nitrogens with one attached hydrogen (secondary N) is 1. The number of anilines is 2. The van der Waals surface area contributed by atoms with Gasteiger partial charge < -0.3 is 19.9 Å². The fourth-order valence-electron chi connectivity index (χ4n) is 3.54. The third-order valence-corrected chi connectivity index (χ3v) is 5.12. The van der Waals surface area contributed by atoms with E-state index in [9.17, 15) is 4.79 Å². The second kappa shape index (κ2) is 8.69. The van der Waals surface area contributed by atoms with E-state index in [0.717, 1.165) is 18.8 Å². The van der Waals surface area contributed by atoms with Crippen molar-refractivity contribution in [2.45, 2.75) is 6.92 Å². The average molecular weight is 387 g/mol. The van der Waals surface area contributed by atoms with Crippen molar-refractivity contribution in [1.29, 1.82) is 0 Å². The summed E-state index contributed by atoms with van der Waals surface area (Å²) in [6.07, 6.45) is 0. The maximum atomic E-state index is 12.8. The fourth-order valence-corrected chi connectivity index (χ4v) is 3.54. The number of para-hydroxylation sites is 4. The Balaban J connectivity index is 1.39. The molecule has 0 aromatic heterocycles. The quantitative estimate of drug-likeness (QED) is 0.674. The molecule has 1 heterocycles. The Morgan fingerprint density at radius 3 is 2.24 bits per heavy atom. The lowest BCUT2D eigenvalue weighted by molar-refractivity contribution is 0.208. The molecule has 0 atom stereocenters. The van der Waals surface area contributed by atoms with Crippen LogP contribution in [0.15, 0.2) is 78.9 Å². The number of benzene rings is 3. The Bertz CT molecular complexity index is 967. The summed E-state index contributed by atoms with van der Waals surface area (Å²) in [4.78, 5) is 17.0. The van der Waals surface area contributed by atoms with Crippen LogP contribution in [0.3, 0.4) is 0 Å². The zero-order valence-corrected chi connectivity index (χ0v) is 16.5. The van der Waals surface area contributed by atoms with Gasteiger partial charge in [0.05, 0.1) is 5.69 Å². The third-order valence-electron chi connectivity index (χ3n) is 5.12. The lowest BCUT2D eigenvalue weighted by Gasteiger charge is -2.36. The van der Waals surface area contributed by atoms with Crippen molar-refractivity contribution >= 4 is 17.4 Å². The fraction of sp³-hybridized carbons (Fsp3) is 0.208. The number of urea groups is 1. The first-order valence-electron chi connectivity index (χ1n) is 9.89. The molecule has 1 fully saturated rings. The van der Waals surface area contributed by atoms with Gasteiger partial charge in [-0.05, 0) is 42.8 Å². The molecule has 0 unspecified atom stereocenters. The summed E-state index contributed by atoms with van der Waals surface area (Å²) in [5.41, 5.74) is 3.18. The number of hydrogen-bond acceptors (Lipinski definition) is 3. The van der Waals surface area contributed by atoms with E-state index in [1.807, 2.05) is 59.5 Å². The molecule has 0 bridgehead atoms. The Morgan fingerprint density at radius 1 is 0.828 bits per heavy atom. The molecule has 1 N–H and O–H groups in total. The number of hydrogen-bond donors (Lipinski definition) is 1. The molecule has 1 aliphatic rings. The highest BCUT2D eigenvalue weighted by Gasteiger charge is 2.22. The Hall–Kier alpha value is -3.47. The maximum absolute atomic E-state index is 12.8. The molecule has 3 aromatic rings. The molecular formula is C24H25N3O2. The van der Waals surface area contributed by atoms with Crippen LogP contribution in [0, 0.1) is 6.92 Å². The number of piperazine rings is 1.